The van der Waals surface area contributed by atoms with Crippen molar-refractivity contribution in [2.24, 2.45) is 0 Å². The van der Waals surface area contributed by atoms with Gasteiger partial charge in [-0.05, 0) is 31.2 Å². The maximum absolute atomic E-state index is 12.8. The number of carbonyl (C=O) groups is 2. The number of rotatable bonds is 3. The Morgan fingerprint density at radius 2 is 1.70 bits per heavy atom. The van der Waals surface area contributed by atoms with E-state index >= 15 is 0 Å². The first kappa shape index (κ1) is 17.0. The molecule has 0 aliphatic carbocycles. The molecule has 6 nitrogen and oxygen atoms in total. The van der Waals surface area contributed by atoms with Crippen LogP contribution in [0.1, 0.15) is 15.9 Å². The van der Waals surface area contributed by atoms with Crippen LogP contribution in [0.15, 0.2) is 67.0 Å². The van der Waals surface area contributed by atoms with Crippen molar-refractivity contribution in [3.63, 3.8) is 0 Å². The van der Waals surface area contributed by atoms with Crippen molar-refractivity contribution < 1.29 is 9.59 Å². The lowest BCUT2D eigenvalue weighted by atomic mass is 10.2. The lowest BCUT2D eigenvalue weighted by Gasteiger charge is -2.34. The quantitative estimate of drug-likeness (QED) is 0.722. The molecule has 1 aromatic heterocycles. The predicted molar refractivity (Wildman–Crippen MR) is 103 cm³/mol. The highest BCUT2D eigenvalue weighted by atomic mass is 16.2. The zero-order valence-electron chi connectivity index (χ0n) is 15.1. The first-order valence-electron chi connectivity index (χ1n) is 8.88. The summed E-state index contributed by atoms with van der Waals surface area (Å²) in [4.78, 5) is 28.7. The summed E-state index contributed by atoms with van der Waals surface area (Å²) in [6.45, 7) is 3.07. The molecule has 2 heterocycles. The molecule has 0 saturated carbocycles. The Labute approximate surface area is 157 Å². The van der Waals surface area contributed by atoms with Crippen molar-refractivity contribution in [1.82, 2.24) is 14.7 Å². The minimum Gasteiger partial charge on any atom is -0.327 e. The summed E-state index contributed by atoms with van der Waals surface area (Å²) in [6.07, 6.45) is 3.25. The topological polar surface area (TPSA) is 58.4 Å². The highest BCUT2D eigenvalue weighted by molar-refractivity contribution is 6.01. The van der Waals surface area contributed by atoms with Gasteiger partial charge in [0, 0.05) is 25.0 Å². The number of piperazine rings is 1. The third kappa shape index (κ3) is 3.46. The number of aromatic nitrogens is 2. The molecule has 6 heteroatoms. The minimum atomic E-state index is -0.172. The van der Waals surface area contributed by atoms with Gasteiger partial charge in [-0.15, -0.1) is 0 Å². The molecule has 4 rings (SSSR count). The fourth-order valence-corrected chi connectivity index (χ4v) is 3.18. The maximum atomic E-state index is 12.8. The molecule has 0 bridgehead atoms. The van der Waals surface area contributed by atoms with Crippen molar-refractivity contribution in [2.45, 2.75) is 6.92 Å². The number of carbonyl (C=O) groups excluding carboxylic acids is 2. The number of benzene rings is 2. The maximum Gasteiger partial charge on any atom is 0.257 e. The molecule has 0 spiro atoms. The van der Waals surface area contributed by atoms with E-state index in [1.54, 1.807) is 26.9 Å². The van der Waals surface area contributed by atoms with Gasteiger partial charge in [0.05, 0.1) is 17.4 Å². The number of anilines is 1. The third-order valence-corrected chi connectivity index (χ3v) is 4.70. The van der Waals surface area contributed by atoms with E-state index in [-0.39, 0.29) is 18.4 Å². The summed E-state index contributed by atoms with van der Waals surface area (Å²) in [6, 6.07) is 17.5. The van der Waals surface area contributed by atoms with Gasteiger partial charge in [0.2, 0.25) is 5.91 Å². The fourth-order valence-electron chi connectivity index (χ4n) is 3.18. The van der Waals surface area contributed by atoms with E-state index in [1.807, 2.05) is 61.5 Å². The molecule has 3 aromatic rings. The first-order chi connectivity index (χ1) is 13.1. The second kappa shape index (κ2) is 7.07. The molecule has 0 radical (unpaired) electrons. The first-order valence-corrected chi connectivity index (χ1v) is 8.88. The zero-order chi connectivity index (χ0) is 18.8. The van der Waals surface area contributed by atoms with Gasteiger partial charge in [0.25, 0.3) is 5.91 Å². The largest absolute Gasteiger partial charge is 0.327 e. The van der Waals surface area contributed by atoms with Crippen LogP contribution in [0.4, 0.5) is 5.69 Å². The average molecular weight is 360 g/mol. The van der Waals surface area contributed by atoms with Crippen molar-refractivity contribution in [3.05, 3.63) is 78.1 Å². The Morgan fingerprint density at radius 1 is 0.963 bits per heavy atom. The molecule has 0 N–H and O–H groups in total. The summed E-state index contributed by atoms with van der Waals surface area (Å²) in [5.41, 5.74) is 3.39. The SMILES string of the molecule is Cc1ccc(N2CCN(C(=O)c3cnn(-c4ccccc4)c3)CC2=O)cc1. The van der Waals surface area contributed by atoms with Gasteiger partial charge >= 0.3 is 0 Å². The fraction of sp³-hybridized carbons (Fsp3) is 0.190. The second-order valence-corrected chi connectivity index (χ2v) is 6.62. The van der Waals surface area contributed by atoms with Crippen LogP contribution in [0.25, 0.3) is 5.69 Å². The number of hydrogen-bond acceptors (Lipinski definition) is 3. The Balaban J connectivity index is 1.46. The monoisotopic (exact) mass is 360 g/mol. The summed E-state index contributed by atoms with van der Waals surface area (Å²) in [7, 11) is 0. The normalized spacial score (nSPS) is 14.5. The van der Waals surface area contributed by atoms with Crippen LogP contribution in [0.2, 0.25) is 0 Å². The lowest BCUT2D eigenvalue weighted by molar-refractivity contribution is -0.120. The number of aryl methyl sites for hydroxylation is 1. The van der Waals surface area contributed by atoms with E-state index in [1.165, 1.54) is 0 Å². The summed E-state index contributed by atoms with van der Waals surface area (Å²) < 4.78 is 1.66. The van der Waals surface area contributed by atoms with E-state index in [4.69, 9.17) is 0 Å². The van der Waals surface area contributed by atoms with Gasteiger partial charge in [-0.3, -0.25) is 9.59 Å². The highest BCUT2D eigenvalue weighted by Gasteiger charge is 2.29. The Hall–Kier alpha value is -3.41. The lowest BCUT2D eigenvalue weighted by Crippen LogP contribution is -2.52. The van der Waals surface area contributed by atoms with Crippen molar-refractivity contribution >= 4 is 17.5 Å². The van der Waals surface area contributed by atoms with Gasteiger partial charge in [-0.1, -0.05) is 35.9 Å². The highest BCUT2D eigenvalue weighted by Crippen LogP contribution is 2.19. The number of para-hydroxylation sites is 1. The standard InChI is InChI=1S/C21H20N4O2/c1-16-7-9-18(10-8-16)24-12-11-23(15-20(24)26)21(27)17-13-22-25(14-17)19-5-3-2-4-6-19/h2-10,13-14H,11-12,15H2,1H3. The molecule has 2 amide bonds. The van der Waals surface area contributed by atoms with Crippen LogP contribution in [0, 0.1) is 6.92 Å². The van der Waals surface area contributed by atoms with Crippen molar-refractivity contribution in [1.29, 1.82) is 0 Å². The van der Waals surface area contributed by atoms with Crippen LogP contribution < -0.4 is 4.90 Å². The smallest absolute Gasteiger partial charge is 0.257 e. The van der Waals surface area contributed by atoms with Gasteiger partial charge in [-0.2, -0.15) is 5.10 Å². The minimum absolute atomic E-state index is 0.0726. The summed E-state index contributed by atoms with van der Waals surface area (Å²) in [5, 5.41) is 4.27. The van der Waals surface area contributed by atoms with Gasteiger partial charge in [-0.25, -0.2) is 4.68 Å². The number of amides is 2. The van der Waals surface area contributed by atoms with E-state index < -0.39 is 0 Å². The third-order valence-electron chi connectivity index (χ3n) is 4.70. The number of hydrogen-bond donors (Lipinski definition) is 0. The van der Waals surface area contributed by atoms with E-state index in [9.17, 15) is 9.59 Å². The molecule has 27 heavy (non-hydrogen) atoms. The van der Waals surface area contributed by atoms with Crippen molar-refractivity contribution in [2.75, 3.05) is 24.5 Å². The van der Waals surface area contributed by atoms with Gasteiger partial charge in [0.1, 0.15) is 6.54 Å². The predicted octanol–water partition coefficient (Wildman–Crippen LogP) is 2.67. The molecule has 1 aliphatic rings. The van der Waals surface area contributed by atoms with Crippen LogP contribution in [-0.4, -0.2) is 46.1 Å². The Kier molecular flexibility index (Phi) is 4.46. The molecule has 0 unspecified atom stereocenters. The molecule has 1 saturated heterocycles. The average Bonchev–Trinajstić information content (AvgIpc) is 3.19. The number of nitrogens with zero attached hydrogens (tertiary/aromatic N) is 4. The van der Waals surface area contributed by atoms with Crippen LogP contribution in [0.5, 0.6) is 0 Å². The molecule has 1 aliphatic heterocycles. The molecule has 2 aromatic carbocycles. The summed E-state index contributed by atoms with van der Waals surface area (Å²) >= 11 is 0. The molecular weight excluding hydrogens is 340 g/mol. The van der Waals surface area contributed by atoms with Crippen molar-refractivity contribution in [3.8, 4) is 5.69 Å². The zero-order valence-corrected chi connectivity index (χ0v) is 15.1. The van der Waals surface area contributed by atoms with E-state index in [0.717, 1.165) is 16.9 Å². The van der Waals surface area contributed by atoms with E-state index in [0.29, 0.717) is 18.7 Å². The molecular formula is C21H20N4O2. The molecule has 136 valence electrons. The molecule has 0 atom stereocenters. The van der Waals surface area contributed by atoms with E-state index in [2.05, 4.69) is 5.10 Å². The molecule has 1 fully saturated rings. The van der Waals surface area contributed by atoms with Crippen LogP contribution in [-0.2, 0) is 4.79 Å². The van der Waals surface area contributed by atoms with Gasteiger partial charge in [0.15, 0.2) is 0 Å². The Bertz CT molecular complexity index is 963. The van der Waals surface area contributed by atoms with Gasteiger partial charge < -0.3 is 9.80 Å². The second-order valence-electron chi connectivity index (χ2n) is 6.62. The Morgan fingerprint density at radius 3 is 2.41 bits per heavy atom. The summed E-state index contributed by atoms with van der Waals surface area (Å²) in [5.74, 6) is -0.247. The van der Waals surface area contributed by atoms with Crippen LogP contribution in [0.3, 0.4) is 0 Å². The van der Waals surface area contributed by atoms with Crippen LogP contribution >= 0.6 is 0 Å².